The number of benzene rings is 1. The van der Waals surface area contributed by atoms with Gasteiger partial charge in [0.15, 0.2) is 0 Å². The highest BCUT2D eigenvalue weighted by Crippen LogP contribution is 2.29. The molecular formula is C20H26N2O4. The van der Waals surface area contributed by atoms with Crippen LogP contribution < -0.4 is 0 Å². The molecule has 3 rings (SSSR count). The number of aromatic nitrogens is 1. The van der Waals surface area contributed by atoms with Gasteiger partial charge in [-0.2, -0.15) is 0 Å². The van der Waals surface area contributed by atoms with Gasteiger partial charge in [-0.05, 0) is 51.0 Å². The Balaban J connectivity index is 1.93. The van der Waals surface area contributed by atoms with Gasteiger partial charge in [0, 0.05) is 48.4 Å². The maximum absolute atomic E-state index is 13.0. The van der Waals surface area contributed by atoms with Crippen LogP contribution in [0, 0.1) is 19.8 Å². The molecule has 2 aromatic rings. The predicted octanol–water partition coefficient (Wildman–Crippen LogP) is 2.84. The summed E-state index contributed by atoms with van der Waals surface area (Å²) in [5.41, 5.74) is 4.03. The van der Waals surface area contributed by atoms with Gasteiger partial charge in [0.1, 0.15) is 0 Å². The van der Waals surface area contributed by atoms with Crippen molar-refractivity contribution in [2.24, 2.45) is 5.92 Å². The molecule has 2 heterocycles. The number of nitrogens with zero attached hydrogens (tertiary/aromatic N) is 2. The molecule has 1 aromatic heterocycles. The number of aryl methyl sites for hydroxylation is 1. The van der Waals surface area contributed by atoms with E-state index in [-0.39, 0.29) is 11.9 Å². The van der Waals surface area contributed by atoms with Gasteiger partial charge in [0.25, 0.3) is 5.91 Å². The summed E-state index contributed by atoms with van der Waals surface area (Å²) in [6.07, 6.45) is 0.510. The number of ether oxygens (including phenoxy) is 1. The topological polar surface area (TPSA) is 71.8 Å². The van der Waals surface area contributed by atoms with E-state index in [0.717, 1.165) is 23.0 Å². The van der Waals surface area contributed by atoms with Crippen LogP contribution in [0.2, 0.25) is 0 Å². The lowest BCUT2D eigenvalue weighted by Gasteiger charge is -2.23. The number of amides is 1. The molecule has 0 aliphatic carbocycles. The monoisotopic (exact) mass is 358 g/mol. The third-order valence-corrected chi connectivity index (χ3v) is 5.74. The largest absolute Gasteiger partial charge is 0.481 e. The summed E-state index contributed by atoms with van der Waals surface area (Å²) in [7, 11) is 1.69. The zero-order valence-electron chi connectivity index (χ0n) is 15.8. The number of hydrogen-bond acceptors (Lipinski definition) is 3. The van der Waals surface area contributed by atoms with E-state index in [0.29, 0.717) is 25.1 Å². The van der Waals surface area contributed by atoms with E-state index in [1.54, 1.807) is 12.0 Å². The molecule has 6 heteroatoms. The van der Waals surface area contributed by atoms with Crippen molar-refractivity contribution < 1.29 is 19.4 Å². The first-order valence-electron chi connectivity index (χ1n) is 8.99. The molecule has 1 amide bonds. The summed E-state index contributed by atoms with van der Waals surface area (Å²) in [6, 6.07) is 5.47. The zero-order valence-corrected chi connectivity index (χ0v) is 15.8. The van der Waals surface area contributed by atoms with Gasteiger partial charge in [0.2, 0.25) is 0 Å². The second-order valence-electron chi connectivity index (χ2n) is 7.06. The molecule has 1 saturated heterocycles. The van der Waals surface area contributed by atoms with Crippen LogP contribution in [0.3, 0.4) is 0 Å². The predicted molar refractivity (Wildman–Crippen MR) is 99.5 cm³/mol. The highest BCUT2D eigenvalue weighted by molar-refractivity contribution is 5.99. The van der Waals surface area contributed by atoms with Crippen LogP contribution in [0.15, 0.2) is 18.2 Å². The van der Waals surface area contributed by atoms with Gasteiger partial charge >= 0.3 is 5.97 Å². The fourth-order valence-electron chi connectivity index (χ4n) is 3.98. The van der Waals surface area contributed by atoms with Gasteiger partial charge in [-0.3, -0.25) is 9.59 Å². The van der Waals surface area contributed by atoms with Crippen LogP contribution in [0.4, 0.5) is 0 Å². The minimum atomic E-state index is -0.829. The fraction of sp³-hybridized carbons (Fsp3) is 0.500. The second kappa shape index (κ2) is 7.11. The molecule has 0 spiro atoms. The molecule has 6 nitrogen and oxygen atoms in total. The summed E-state index contributed by atoms with van der Waals surface area (Å²) in [5.74, 6) is -1.41. The number of methoxy groups -OCH3 is 1. The number of likely N-dealkylation sites (tertiary alicyclic amines) is 1. The summed E-state index contributed by atoms with van der Waals surface area (Å²) in [5, 5.41) is 10.3. The molecule has 1 aliphatic heterocycles. The van der Waals surface area contributed by atoms with E-state index >= 15 is 0 Å². The first-order chi connectivity index (χ1) is 12.4. The van der Waals surface area contributed by atoms with Gasteiger partial charge in [-0.25, -0.2) is 0 Å². The van der Waals surface area contributed by atoms with Crippen molar-refractivity contribution in [2.75, 3.05) is 20.3 Å². The fourth-order valence-corrected chi connectivity index (χ4v) is 3.98. The van der Waals surface area contributed by atoms with Crippen molar-refractivity contribution >= 4 is 22.8 Å². The van der Waals surface area contributed by atoms with Crippen LogP contribution in [0.5, 0.6) is 0 Å². The lowest BCUT2D eigenvalue weighted by Crippen LogP contribution is -2.37. The number of carbonyl (C=O) groups excluding carboxylic acids is 1. The van der Waals surface area contributed by atoms with Crippen molar-refractivity contribution in [3.63, 3.8) is 0 Å². The Labute approximate surface area is 153 Å². The van der Waals surface area contributed by atoms with Gasteiger partial charge in [0.05, 0.1) is 12.5 Å². The third-order valence-electron chi connectivity index (χ3n) is 5.74. The van der Waals surface area contributed by atoms with Crippen LogP contribution in [0.1, 0.15) is 35.0 Å². The molecule has 140 valence electrons. The highest BCUT2D eigenvalue weighted by atomic mass is 16.5. The minimum Gasteiger partial charge on any atom is -0.481 e. The SMILES string of the molecule is COCCn1c(C)c(C)c2cc(C(=O)N3CCC(C(=O)O)C3C)ccc21. The summed E-state index contributed by atoms with van der Waals surface area (Å²) in [4.78, 5) is 25.9. The first-order valence-corrected chi connectivity index (χ1v) is 8.99. The number of carboxylic acid groups (broad SMARTS) is 1. The Hall–Kier alpha value is -2.34. The summed E-state index contributed by atoms with van der Waals surface area (Å²) in [6.45, 7) is 7.84. The van der Waals surface area contributed by atoms with E-state index in [1.165, 1.54) is 5.69 Å². The van der Waals surface area contributed by atoms with E-state index in [4.69, 9.17) is 4.74 Å². The normalized spacial score (nSPS) is 20.1. The lowest BCUT2D eigenvalue weighted by atomic mass is 10.0. The molecule has 1 aliphatic rings. The van der Waals surface area contributed by atoms with Gasteiger partial charge < -0.3 is 19.3 Å². The Morgan fingerprint density at radius 1 is 1.31 bits per heavy atom. The van der Waals surface area contributed by atoms with Crippen molar-refractivity contribution in [3.8, 4) is 0 Å². The van der Waals surface area contributed by atoms with Crippen molar-refractivity contribution in [3.05, 3.63) is 35.0 Å². The maximum Gasteiger partial charge on any atom is 0.308 e. The van der Waals surface area contributed by atoms with Crippen molar-refractivity contribution in [2.45, 2.75) is 39.8 Å². The average Bonchev–Trinajstić information content (AvgIpc) is 3.11. The highest BCUT2D eigenvalue weighted by Gasteiger charge is 2.38. The van der Waals surface area contributed by atoms with Gasteiger partial charge in [-0.1, -0.05) is 0 Å². The van der Waals surface area contributed by atoms with E-state index in [1.807, 2.05) is 25.1 Å². The standard InChI is InChI=1S/C20H26N2O4/c1-12-13(2)21(9-10-26-4)18-6-5-15(11-17(12)18)19(23)22-8-7-16(14(22)3)20(24)25/h5-6,11,14,16H,7-10H2,1-4H3,(H,24,25). The molecule has 0 radical (unpaired) electrons. The maximum atomic E-state index is 13.0. The Kier molecular flexibility index (Phi) is 5.05. The molecule has 2 unspecified atom stereocenters. The van der Waals surface area contributed by atoms with Crippen molar-refractivity contribution in [1.82, 2.24) is 9.47 Å². The Morgan fingerprint density at radius 2 is 2.04 bits per heavy atom. The first kappa shape index (κ1) is 18.5. The number of aliphatic carboxylic acids is 1. The molecule has 2 atom stereocenters. The molecule has 0 saturated carbocycles. The van der Waals surface area contributed by atoms with Crippen LogP contribution >= 0.6 is 0 Å². The molecule has 0 bridgehead atoms. The number of hydrogen-bond donors (Lipinski definition) is 1. The van der Waals surface area contributed by atoms with Crippen molar-refractivity contribution in [1.29, 1.82) is 0 Å². The summed E-state index contributed by atoms with van der Waals surface area (Å²) < 4.78 is 7.41. The zero-order chi connectivity index (χ0) is 19.0. The average molecular weight is 358 g/mol. The molecule has 1 aromatic carbocycles. The smallest absolute Gasteiger partial charge is 0.308 e. The molecule has 26 heavy (non-hydrogen) atoms. The van der Waals surface area contributed by atoms with Crippen LogP contribution in [0.25, 0.3) is 10.9 Å². The third kappa shape index (κ3) is 2.98. The van der Waals surface area contributed by atoms with Gasteiger partial charge in [-0.15, -0.1) is 0 Å². The van der Waals surface area contributed by atoms with Crippen LogP contribution in [-0.4, -0.2) is 52.8 Å². The quantitative estimate of drug-likeness (QED) is 0.892. The molecular weight excluding hydrogens is 332 g/mol. The van der Waals surface area contributed by atoms with Crippen LogP contribution in [-0.2, 0) is 16.1 Å². The lowest BCUT2D eigenvalue weighted by molar-refractivity contribution is -0.142. The summed E-state index contributed by atoms with van der Waals surface area (Å²) >= 11 is 0. The Bertz CT molecular complexity index is 855. The number of fused-ring (bicyclic) bond motifs is 1. The Morgan fingerprint density at radius 3 is 2.65 bits per heavy atom. The second-order valence-corrected chi connectivity index (χ2v) is 7.06. The number of carbonyl (C=O) groups is 2. The number of rotatable bonds is 5. The minimum absolute atomic E-state index is 0.0927. The molecule has 1 fully saturated rings. The molecule has 1 N–H and O–H groups in total. The van der Waals surface area contributed by atoms with E-state index in [9.17, 15) is 14.7 Å². The van der Waals surface area contributed by atoms with E-state index < -0.39 is 11.9 Å². The van der Waals surface area contributed by atoms with E-state index in [2.05, 4.69) is 18.4 Å². The number of carboxylic acids is 1.